The number of carbonyl (C=O) groups excluding carboxylic acids is 2. The van der Waals surface area contributed by atoms with Crippen molar-refractivity contribution in [2.45, 2.75) is 0 Å². The molecule has 1 heterocycles. The minimum absolute atomic E-state index is 0.142. The summed E-state index contributed by atoms with van der Waals surface area (Å²) >= 11 is 10.4. The molecule has 0 saturated carbocycles. The summed E-state index contributed by atoms with van der Waals surface area (Å²) in [7, 11) is 0. The lowest BCUT2D eigenvalue weighted by molar-refractivity contribution is -0.113. The van der Waals surface area contributed by atoms with Crippen molar-refractivity contribution in [3.8, 4) is 0 Å². The summed E-state index contributed by atoms with van der Waals surface area (Å²) in [6.45, 7) is 0. The Morgan fingerprint density at radius 1 is 1.08 bits per heavy atom. The first-order valence-corrected chi connectivity index (χ1v) is 9.69. The lowest BCUT2D eigenvalue weighted by atomic mass is 10.2. The fourth-order valence-corrected chi connectivity index (χ4v) is 3.38. The van der Waals surface area contributed by atoms with E-state index in [0.717, 1.165) is 9.86 Å². The summed E-state index contributed by atoms with van der Waals surface area (Å²) in [5.41, 5.74) is 1.33. The number of benzene rings is 2. The number of thioether (sulfide) groups is 1. The van der Waals surface area contributed by atoms with Gasteiger partial charge in [-0.15, -0.1) is 11.8 Å². The van der Waals surface area contributed by atoms with Gasteiger partial charge in [-0.25, -0.2) is 0 Å². The third kappa shape index (κ3) is 4.87. The van der Waals surface area contributed by atoms with Crippen molar-refractivity contribution in [1.82, 2.24) is 0 Å². The molecule has 0 bridgehead atoms. The van der Waals surface area contributed by atoms with Crippen LogP contribution in [0.15, 0.2) is 57.4 Å². The van der Waals surface area contributed by atoms with Crippen LogP contribution in [0.3, 0.4) is 0 Å². The molecule has 0 saturated heterocycles. The maximum Gasteiger partial charge on any atom is 0.234 e. The Labute approximate surface area is 162 Å². The first-order valence-electron chi connectivity index (χ1n) is 7.37. The molecule has 0 unspecified atom stereocenters. The second-order valence-electron chi connectivity index (χ2n) is 5.26. The van der Waals surface area contributed by atoms with Crippen LogP contribution in [-0.4, -0.2) is 23.2 Å². The number of fused-ring (bicyclic) bond motifs is 1. The van der Waals surface area contributed by atoms with Gasteiger partial charge in [-0.3, -0.25) is 9.59 Å². The summed E-state index contributed by atoms with van der Waals surface area (Å²) in [5.74, 6) is 0.346. The largest absolute Gasteiger partial charge is 0.453 e. The van der Waals surface area contributed by atoms with Crippen LogP contribution in [0.25, 0.3) is 11.0 Å². The molecule has 0 spiro atoms. The van der Waals surface area contributed by atoms with Crippen LogP contribution >= 0.6 is 39.3 Å². The summed E-state index contributed by atoms with van der Waals surface area (Å²) in [6, 6.07) is 14.1. The Balaban J connectivity index is 1.51. The number of anilines is 1. The minimum atomic E-state index is -0.173. The molecule has 0 aliphatic rings. The second-order valence-corrected chi connectivity index (χ2v) is 7.60. The highest BCUT2D eigenvalue weighted by Crippen LogP contribution is 2.24. The highest BCUT2D eigenvalue weighted by Gasteiger charge is 2.13. The lowest BCUT2D eigenvalue weighted by Crippen LogP contribution is -2.15. The van der Waals surface area contributed by atoms with E-state index in [0.29, 0.717) is 22.1 Å². The van der Waals surface area contributed by atoms with E-state index in [9.17, 15) is 9.59 Å². The van der Waals surface area contributed by atoms with Gasteiger partial charge in [-0.1, -0.05) is 27.5 Å². The van der Waals surface area contributed by atoms with Gasteiger partial charge in [0.2, 0.25) is 11.7 Å². The molecule has 7 heteroatoms. The fraction of sp³-hybridized carbons (Fsp3) is 0.111. The normalized spacial score (nSPS) is 10.8. The number of furan rings is 1. The molecule has 1 aromatic heterocycles. The predicted octanol–water partition coefficient (Wildman–Crippen LogP) is 5.40. The Morgan fingerprint density at radius 2 is 1.84 bits per heavy atom. The third-order valence-electron chi connectivity index (χ3n) is 3.35. The Kier molecular flexibility index (Phi) is 5.83. The van der Waals surface area contributed by atoms with Crippen LogP contribution in [0.5, 0.6) is 0 Å². The average Bonchev–Trinajstić information content (AvgIpc) is 3.00. The SMILES string of the molecule is O=C(CSCC(=O)c1cc2cc(Br)ccc2o1)Nc1ccc(Cl)cc1. The zero-order valence-corrected chi connectivity index (χ0v) is 16.1. The van der Waals surface area contributed by atoms with Gasteiger partial charge in [0.25, 0.3) is 0 Å². The van der Waals surface area contributed by atoms with Crippen molar-refractivity contribution >= 4 is 67.6 Å². The van der Waals surface area contributed by atoms with E-state index in [4.69, 9.17) is 16.0 Å². The number of Topliss-reactive ketones (excluding diaryl/α,β-unsaturated/α-hetero) is 1. The Bertz CT molecular complexity index is 924. The van der Waals surface area contributed by atoms with Gasteiger partial charge in [-0.05, 0) is 48.5 Å². The van der Waals surface area contributed by atoms with E-state index in [1.54, 1.807) is 30.3 Å². The molecule has 0 aliphatic heterocycles. The van der Waals surface area contributed by atoms with Gasteiger partial charge < -0.3 is 9.73 Å². The number of hydrogen-bond acceptors (Lipinski definition) is 4. The molecule has 25 heavy (non-hydrogen) atoms. The molecule has 0 aliphatic carbocycles. The van der Waals surface area contributed by atoms with Crippen molar-refractivity contribution in [1.29, 1.82) is 0 Å². The summed E-state index contributed by atoms with van der Waals surface area (Å²) in [5, 5.41) is 4.22. The quantitative estimate of drug-likeness (QED) is 0.523. The smallest absolute Gasteiger partial charge is 0.234 e. The van der Waals surface area contributed by atoms with Crippen molar-refractivity contribution in [2.75, 3.05) is 16.8 Å². The molecular formula is C18H13BrClNO3S. The monoisotopic (exact) mass is 437 g/mol. The maximum absolute atomic E-state index is 12.2. The standard InChI is InChI=1S/C18H13BrClNO3S/c19-12-1-6-16-11(7-12)8-17(24-16)15(22)9-25-10-18(23)21-14-4-2-13(20)3-5-14/h1-8H,9-10H2,(H,21,23). The number of rotatable bonds is 6. The van der Waals surface area contributed by atoms with E-state index in [-0.39, 0.29) is 23.2 Å². The number of carbonyl (C=O) groups is 2. The fourth-order valence-electron chi connectivity index (χ4n) is 2.19. The molecule has 0 fully saturated rings. The van der Waals surface area contributed by atoms with E-state index < -0.39 is 0 Å². The predicted molar refractivity (Wildman–Crippen MR) is 106 cm³/mol. The first-order chi connectivity index (χ1) is 12.0. The first kappa shape index (κ1) is 18.0. The Morgan fingerprint density at radius 3 is 2.60 bits per heavy atom. The van der Waals surface area contributed by atoms with Crippen molar-refractivity contribution in [3.63, 3.8) is 0 Å². The van der Waals surface area contributed by atoms with E-state index >= 15 is 0 Å². The van der Waals surface area contributed by atoms with Crippen LogP contribution in [0.4, 0.5) is 5.69 Å². The molecule has 0 radical (unpaired) electrons. The third-order valence-corrected chi connectivity index (χ3v) is 5.03. The molecule has 3 rings (SSSR count). The summed E-state index contributed by atoms with van der Waals surface area (Å²) in [4.78, 5) is 24.1. The molecule has 1 N–H and O–H groups in total. The van der Waals surface area contributed by atoms with Crippen molar-refractivity contribution in [2.24, 2.45) is 0 Å². The molecule has 128 valence electrons. The molecule has 0 atom stereocenters. The second kappa shape index (κ2) is 8.08. The van der Waals surface area contributed by atoms with Gasteiger partial charge in [0, 0.05) is 20.6 Å². The molecular weight excluding hydrogens is 426 g/mol. The highest BCUT2D eigenvalue weighted by atomic mass is 79.9. The van der Waals surface area contributed by atoms with Gasteiger partial charge in [0.1, 0.15) is 5.58 Å². The van der Waals surface area contributed by atoms with Crippen LogP contribution in [-0.2, 0) is 4.79 Å². The number of amides is 1. The van der Waals surface area contributed by atoms with Gasteiger partial charge >= 0.3 is 0 Å². The van der Waals surface area contributed by atoms with Crippen LogP contribution in [0.2, 0.25) is 5.02 Å². The van der Waals surface area contributed by atoms with Crippen LogP contribution in [0, 0.1) is 0 Å². The lowest BCUT2D eigenvalue weighted by Gasteiger charge is -2.04. The minimum Gasteiger partial charge on any atom is -0.453 e. The van der Waals surface area contributed by atoms with Crippen LogP contribution < -0.4 is 5.32 Å². The number of nitrogens with one attached hydrogen (secondary N) is 1. The topological polar surface area (TPSA) is 59.3 Å². The molecule has 2 aromatic carbocycles. The zero-order chi connectivity index (χ0) is 17.8. The van der Waals surface area contributed by atoms with E-state index in [2.05, 4.69) is 21.2 Å². The summed E-state index contributed by atoms with van der Waals surface area (Å²) in [6.07, 6.45) is 0. The zero-order valence-electron chi connectivity index (χ0n) is 12.9. The van der Waals surface area contributed by atoms with Gasteiger partial charge in [0.05, 0.1) is 11.5 Å². The molecule has 4 nitrogen and oxygen atoms in total. The van der Waals surface area contributed by atoms with Crippen molar-refractivity contribution in [3.05, 3.63) is 63.8 Å². The molecule has 3 aromatic rings. The Hall–Kier alpha value is -1.76. The number of ketones is 1. The maximum atomic E-state index is 12.2. The number of halogens is 2. The van der Waals surface area contributed by atoms with E-state index in [1.807, 2.05) is 18.2 Å². The molecule has 1 amide bonds. The highest BCUT2D eigenvalue weighted by molar-refractivity contribution is 9.10. The van der Waals surface area contributed by atoms with Crippen molar-refractivity contribution < 1.29 is 14.0 Å². The van der Waals surface area contributed by atoms with Gasteiger partial charge in [-0.2, -0.15) is 0 Å². The summed E-state index contributed by atoms with van der Waals surface area (Å²) < 4.78 is 6.48. The average molecular weight is 439 g/mol. The van der Waals surface area contributed by atoms with Gasteiger partial charge in [0.15, 0.2) is 5.76 Å². The van der Waals surface area contributed by atoms with E-state index in [1.165, 1.54) is 11.8 Å². The number of hydrogen-bond donors (Lipinski definition) is 1. The van der Waals surface area contributed by atoms with Crippen LogP contribution in [0.1, 0.15) is 10.6 Å².